The second kappa shape index (κ2) is 9.72. The molecular formula is C26H35N5O. The van der Waals surface area contributed by atoms with Crippen LogP contribution in [0.4, 0.5) is 5.69 Å². The molecule has 1 aliphatic rings. The number of pyridine rings is 1. The summed E-state index contributed by atoms with van der Waals surface area (Å²) in [5.41, 5.74) is 5.93. The van der Waals surface area contributed by atoms with Crippen LogP contribution in [0.5, 0.6) is 0 Å². The zero-order valence-electron chi connectivity index (χ0n) is 19.7. The van der Waals surface area contributed by atoms with Gasteiger partial charge in [-0.3, -0.25) is 4.79 Å². The number of rotatable bonds is 7. The topological polar surface area (TPSA) is 71.8 Å². The highest BCUT2D eigenvalue weighted by Crippen LogP contribution is 2.30. The minimum Gasteiger partial charge on any atom is -0.381 e. The molecule has 2 aromatic heterocycles. The maximum atomic E-state index is 13.5. The molecule has 0 spiro atoms. The van der Waals surface area contributed by atoms with Crippen molar-refractivity contribution >= 4 is 22.6 Å². The van der Waals surface area contributed by atoms with Gasteiger partial charge in [-0.1, -0.05) is 44.4 Å². The normalized spacial score (nSPS) is 15.6. The van der Waals surface area contributed by atoms with Crippen molar-refractivity contribution in [1.82, 2.24) is 20.1 Å². The summed E-state index contributed by atoms with van der Waals surface area (Å²) in [5.74, 6) is -0.0907. The van der Waals surface area contributed by atoms with Gasteiger partial charge >= 0.3 is 0 Å². The quantitative estimate of drug-likeness (QED) is 0.502. The summed E-state index contributed by atoms with van der Waals surface area (Å²) in [4.78, 5) is 18.1. The zero-order valence-corrected chi connectivity index (χ0v) is 19.7. The molecule has 1 unspecified atom stereocenters. The number of aryl methyl sites for hydroxylation is 3. The van der Waals surface area contributed by atoms with Crippen molar-refractivity contribution in [2.24, 2.45) is 0 Å². The predicted octanol–water partition coefficient (Wildman–Crippen LogP) is 5.69. The molecular weight excluding hydrogens is 398 g/mol. The minimum absolute atomic E-state index is 0.0432. The molecule has 1 fully saturated rings. The van der Waals surface area contributed by atoms with Gasteiger partial charge in [-0.25, -0.2) is 9.67 Å². The van der Waals surface area contributed by atoms with E-state index in [1.807, 2.05) is 10.9 Å². The predicted molar refractivity (Wildman–Crippen MR) is 130 cm³/mol. The number of anilines is 1. The van der Waals surface area contributed by atoms with Gasteiger partial charge in [0, 0.05) is 18.8 Å². The average Bonchev–Trinajstić information content (AvgIpc) is 3.24. The number of hydrogen-bond donors (Lipinski definition) is 2. The molecule has 6 heteroatoms. The molecule has 1 aromatic carbocycles. The molecule has 1 amide bonds. The Balaban J connectivity index is 1.67. The monoisotopic (exact) mass is 433 g/mol. The van der Waals surface area contributed by atoms with Crippen LogP contribution in [0, 0.1) is 13.8 Å². The molecule has 1 atom stereocenters. The van der Waals surface area contributed by atoms with Gasteiger partial charge in [-0.05, 0) is 56.7 Å². The van der Waals surface area contributed by atoms with Gasteiger partial charge in [0.2, 0.25) is 0 Å². The zero-order chi connectivity index (χ0) is 22.7. The van der Waals surface area contributed by atoms with E-state index in [0.29, 0.717) is 11.6 Å². The summed E-state index contributed by atoms with van der Waals surface area (Å²) in [6, 6.07) is 6.76. The van der Waals surface area contributed by atoms with Crippen LogP contribution in [-0.2, 0) is 6.54 Å². The van der Waals surface area contributed by atoms with Crippen molar-refractivity contribution < 1.29 is 4.79 Å². The van der Waals surface area contributed by atoms with Crippen molar-refractivity contribution in [3.8, 4) is 0 Å². The Morgan fingerprint density at radius 2 is 1.91 bits per heavy atom. The lowest BCUT2D eigenvalue weighted by molar-refractivity contribution is 0.0936. The number of nitrogens with zero attached hydrogens (tertiary/aromatic N) is 3. The third kappa shape index (κ3) is 4.50. The van der Waals surface area contributed by atoms with Crippen LogP contribution in [0.2, 0.25) is 0 Å². The Labute approximate surface area is 190 Å². The molecule has 6 nitrogen and oxygen atoms in total. The molecule has 1 saturated carbocycles. The second-order valence-electron chi connectivity index (χ2n) is 9.00. The van der Waals surface area contributed by atoms with E-state index in [9.17, 15) is 4.79 Å². The van der Waals surface area contributed by atoms with E-state index in [2.05, 4.69) is 66.6 Å². The number of fused-ring (bicyclic) bond motifs is 1. The van der Waals surface area contributed by atoms with Crippen molar-refractivity contribution in [1.29, 1.82) is 0 Å². The maximum absolute atomic E-state index is 13.5. The molecule has 1 aliphatic carbocycles. The third-order valence-electron chi connectivity index (χ3n) is 6.81. The maximum Gasteiger partial charge on any atom is 0.255 e. The minimum atomic E-state index is -0.0907. The van der Waals surface area contributed by atoms with Gasteiger partial charge < -0.3 is 10.6 Å². The number of carbonyl (C=O) groups excluding carboxylic acids is 1. The summed E-state index contributed by atoms with van der Waals surface area (Å²) in [5, 5.41) is 12.4. The number of hydrogen-bond acceptors (Lipinski definition) is 4. The van der Waals surface area contributed by atoms with E-state index in [-0.39, 0.29) is 11.9 Å². The van der Waals surface area contributed by atoms with Crippen LogP contribution in [0.25, 0.3) is 11.0 Å². The first-order valence-corrected chi connectivity index (χ1v) is 12.0. The van der Waals surface area contributed by atoms with Gasteiger partial charge in [0.25, 0.3) is 5.91 Å². The molecule has 0 radical (unpaired) electrons. The molecule has 4 rings (SSSR count). The van der Waals surface area contributed by atoms with E-state index < -0.39 is 0 Å². The van der Waals surface area contributed by atoms with Gasteiger partial charge in [0.15, 0.2) is 5.65 Å². The summed E-state index contributed by atoms with van der Waals surface area (Å²) >= 11 is 0. The molecule has 0 aliphatic heterocycles. The third-order valence-corrected chi connectivity index (χ3v) is 6.81. The molecule has 32 heavy (non-hydrogen) atoms. The van der Waals surface area contributed by atoms with E-state index in [0.717, 1.165) is 48.1 Å². The van der Waals surface area contributed by atoms with E-state index >= 15 is 0 Å². The number of aromatic nitrogens is 3. The largest absolute Gasteiger partial charge is 0.381 e. The first-order chi connectivity index (χ1) is 15.5. The van der Waals surface area contributed by atoms with Gasteiger partial charge in [-0.15, -0.1) is 0 Å². The summed E-state index contributed by atoms with van der Waals surface area (Å²) in [7, 11) is 0. The lowest BCUT2D eigenvalue weighted by atomic mass is 9.95. The first-order valence-electron chi connectivity index (χ1n) is 12.0. The van der Waals surface area contributed by atoms with Crippen LogP contribution < -0.4 is 10.6 Å². The summed E-state index contributed by atoms with van der Waals surface area (Å²) < 4.78 is 1.88. The van der Waals surface area contributed by atoms with Gasteiger partial charge in [0.05, 0.1) is 28.9 Å². The Morgan fingerprint density at radius 1 is 1.12 bits per heavy atom. The van der Waals surface area contributed by atoms with Crippen LogP contribution in [0.15, 0.2) is 30.6 Å². The highest BCUT2D eigenvalue weighted by atomic mass is 16.1. The van der Waals surface area contributed by atoms with Gasteiger partial charge in [-0.2, -0.15) is 5.10 Å². The molecule has 2 heterocycles. The van der Waals surface area contributed by atoms with Crippen molar-refractivity contribution in [3.05, 3.63) is 52.8 Å². The number of amides is 1. The SMILES string of the molecule is CCC(NC(=O)c1cnc2c(cnn2CC)c1NC1CCCCC1)c1ccc(C)c(C)c1. The fraction of sp³-hybridized carbons (Fsp3) is 0.500. The Hall–Kier alpha value is -2.89. The molecule has 0 bridgehead atoms. The van der Waals surface area contributed by atoms with Crippen molar-refractivity contribution in [2.75, 3.05) is 5.32 Å². The molecule has 0 saturated heterocycles. The average molecular weight is 434 g/mol. The van der Waals surface area contributed by atoms with Crippen molar-refractivity contribution in [2.45, 2.75) is 84.8 Å². The number of benzene rings is 1. The number of carbonyl (C=O) groups is 1. The smallest absolute Gasteiger partial charge is 0.255 e. The lowest BCUT2D eigenvalue weighted by Crippen LogP contribution is -2.30. The van der Waals surface area contributed by atoms with E-state index in [1.54, 1.807) is 6.20 Å². The van der Waals surface area contributed by atoms with E-state index in [4.69, 9.17) is 0 Å². The van der Waals surface area contributed by atoms with Crippen LogP contribution in [-0.4, -0.2) is 26.7 Å². The Kier molecular flexibility index (Phi) is 6.77. The molecule has 3 aromatic rings. The van der Waals surface area contributed by atoms with Crippen LogP contribution in [0.3, 0.4) is 0 Å². The van der Waals surface area contributed by atoms with Crippen molar-refractivity contribution in [3.63, 3.8) is 0 Å². The Bertz CT molecular complexity index is 1100. The molecule has 2 N–H and O–H groups in total. The van der Waals surface area contributed by atoms with Gasteiger partial charge in [0.1, 0.15) is 0 Å². The highest BCUT2D eigenvalue weighted by Gasteiger charge is 2.23. The lowest BCUT2D eigenvalue weighted by Gasteiger charge is -2.26. The first kappa shape index (κ1) is 22.3. The molecule has 170 valence electrons. The summed E-state index contributed by atoms with van der Waals surface area (Å²) in [6.45, 7) is 9.13. The van der Waals surface area contributed by atoms with Crippen LogP contribution >= 0.6 is 0 Å². The standard InChI is InChI=1S/C26H35N5O/c1-5-23(19-13-12-17(3)18(4)14-19)30-26(32)22-15-27-25-21(16-28-31(25)6-2)24(22)29-20-10-8-7-9-11-20/h12-16,20,23H,5-11H2,1-4H3,(H,27,29)(H,30,32). The fourth-order valence-corrected chi connectivity index (χ4v) is 4.68. The van der Waals surface area contributed by atoms with Crippen LogP contribution in [0.1, 0.15) is 85.5 Å². The highest BCUT2D eigenvalue weighted by molar-refractivity contribution is 6.06. The second-order valence-corrected chi connectivity index (χ2v) is 9.00. The number of nitrogens with one attached hydrogen (secondary N) is 2. The van der Waals surface area contributed by atoms with E-state index in [1.165, 1.54) is 30.4 Å². The fourth-order valence-electron chi connectivity index (χ4n) is 4.68. The summed E-state index contributed by atoms with van der Waals surface area (Å²) in [6.07, 6.45) is 10.4. The Morgan fingerprint density at radius 3 is 2.59 bits per heavy atom.